The number of carbonyl (C=O) groups excluding carboxylic acids is 1. The van der Waals surface area contributed by atoms with Gasteiger partial charge in [-0.1, -0.05) is 23.2 Å². The molecule has 0 unspecified atom stereocenters. The molecule has 5 nitrogen and oxygen atoms in total. The first-order valence-electron chi connectivity index (χ1n) is 8.13. The maximum atomic E-state index is 12.2. The third kappa shape index (κ3) is 4.47. The van der Waals surface area contributed by atoms with Crippen molar-refractivity contribution in [2.45, 2.75) is 18.9 Å². The highest BCUT2D eigenvalue weighted by atomic mass is 35.5. The van der Waals surface area contributed by atoms with Crippen LogP contribution in [0.15, 0.2) is 40.3 Å². The van der Waals surface area contributed by atoms with Crippen LogP contribution in [0.4, 0.5) is 0 Å². The van der Waals surface area contributed by atoms with Crippen LogP contribution in [0.5, 0.6) is 0 Å². The van der Waals surface area contributed by atoms with Crippen LogP contribution in [0.25, 0.3) is 17.4 Å². The summed E-state index contributed by atoms with van der Waals surface area (Å²) in [6.45, 7) is 1.11. The summed E-state index contributed by atoms with van der Waals surface area (Å²) in [6, 6.07) is 10.5. The van der Waals surface area contributed by atoms with Gasteiger partial charge in [0.1, 0.15) is 23.2 Å². The highest BCUT2D eigenvalue weighted by Gasteiger charge is 2.18. The van der Waals surface area contributed by atoms with E-state index in [1.807, 2.05) is 6.07 Å². The number of nitrogens with zero attached hydrogens (tertiary/aromatic N) is 1. The molecule has 1 amide bonds. The molecule has 7 heteroatoms. The maximum Gasteiger partial charge on any atom is 0.262 e. The van der Waals surface area contributed by atoms with Crippen molar-refractivity contribution in [1.29, 1.82) is 5.26 Å². The minimum Gasteiger partial charge on any atom is -0.457 e. The number of nitrogens with one attached hydrogen (secondary N) is 1. The topological polar surface area (TPSA) is 75.3 Å². The first-order valence-corrected chi connectivity index (χ1v) is 8.89. The summed E-state index contributed by atoms with van der Waals surface area (Å²) < 4.78 is 11.1. The standard InChI is InChI=1S/C19H16Cl2N2O3/c20-16-5-3-12(9-17(16)21)18-6-4-14(26-18)8-13(10-22)19(24)23-11-15-2-1-7-25-15/h3-6,8-9,15H,1-2,7,11H2,(H,23,24)/b13-8-/t15-/m1/s1. The predicted molar refractivity (Wildman–Crippen MR) is 99.7 cm³/mol. The first kappa shape index (κ1) is 18.5. The Hall–Kier alpha value is -2.26. The van der Waals surface area contributed by atoms with Gasteiger partial charge in [-0.05, 0) is 43.2 Å². The summed E-state index contributed by atoms with van der Waals surface area (Å²) in [5.41, 5.74) is 0.721. The zero-order valence-electron chi connectivity index (χ0n) is 13.8. The second-order valence-electron chi connectivity index (χ2n) is 5.85. The second-order valence-corrected chi connectivity index (χ2v) is 6.66. The monoisotopic (exact) mass is 390 g/mol. The van der Waals surface area contributed by atoms with Crippen molar-refractivity contribution in [2.24, 2.45) is 0 Å². The van der Waals surface area contributed by atoms with Gasteiger partial charge in [0.2, 0.25) is 0 Å². The van der Waals surface area contributed by atoms with Crippen LogP contribution >= 0.6 is 23.2 Å². The van der Waals surface area contributed by atoms with Crippen LogP contribution in [0.1, 0.15) is 18.6 Å². The van der Waals surface area contributed by atoms with Gasteiger partial charge in [-0.3, -0.25) is 4.79 Å². The van der Waals surface area contributed by atoms with E-state index >= 15 is 0 Å². The van der Waals surface area contributed by atoms with Crippen molar-refractivity contribution in [2.75, 3.05) is 13.2 Å². The number of hydrogen-bond donors (Lipinski definition) is 1. The molecule has 1 aliphatic heterocycles. The normalized spacial score (nSPS) is 17.1. The van der Waals surface area contributed by atoms with Crippen LogP contribution in [0.3, 0.4) is 0 Å². The van der Waals surface area contributed by atoms with Crippen LogP contribution in [-0.4, -0.2) is 25.2 Å². The molecule has 2 heterocycles. The summed E-state index contributed by atoms with van der Waals surface area (Å²) in [6.07, 6.45) is 3.33. The molecule has 1 saturated heterocycles. The van der Waals surface area contributed by atoms with E-state index in [2.05, 4.69) is 5.32 Å². The van der Waals surface area contributed by atoms with Crippen molar-refractivity contribution in [1.82, 2.24) is 5.32 Å². The van der Waals surface area contributed by atoms with Gasteiger partial charge in [-0.25, -0.2) is 0 Å². The van der Waals surface area contributed by atoms with E-state index in [0.717, 1.165) is 18.4 Å². The lowest BCUT2D eigenvalue weighted by Crippen LogP contribution is -2.32. The summed E-state index contributed by atoms with van der Waals surface area (Å²) in [4.78, 5) is 12.2. The zero-order chi connectivity index (χ0) is 18.5. The van der Waals surface area contributed by atoms with Crippen LogP contribution in [0, 0.1) is 11.3 Å². The van der Waals surface area contributed by atoms with Crippen molar-refractivity contribution >= 4 is 35.2 Å². The van der Waals surface area contributed by atoms with Crippen molar-refractivity contribution in [3.05, 3.63) is 51.7 Å². The van der Waals surface area contributed by atoms with Gasteiger partial charge in [-0.15, -0.1) is 0 Å². The fourth-order valence-electron chi connectivity index (χ4n) is 2.63. The van der Waals surface area contributed by atoms with Gasteiger partial charge in [0.25, 0.3) is 5.91 Å². The number of ether oxygens (including phenoxy) is 1. The molecule has 1 aromatic carbocycles. The van der Waals surface area contributed by atoms with E-state index in [9.17, 15) is 10.1 Å². The molecule has 3 rings (SSSR count). The smallest absolute Gasteiger partial charge is 0.262 e. The first-order chi connectivity index (χ1) is 12.6. The molecule has 0 saturated carbocycles. The van der Waals surface area contributed by atoms with Crippen LogP contribution < -0.4 is 5.32 Å². The fraction of sp³-hybridized carbons (Fsp3) is 0.263. The van der Waals surface area contributed by atoms with Gasteiger partial charge in [0, 0.05) is 24.8 Å². The van der Waals surface area contributed by atoms with Crippen LogP contribution in [-0.2, 0) is 9.53 Å². The van der Waals surface area contributed by atoms with Gasteiger partial charge in [-0.2, -0.15) is 5.26 Å². The molecular formula is C19H16Cl2N2O3. The Labute approximate surface area is 161 Å². The molecule has 134 valence electrons. The minimum atomic E-state index is -0.449. The molecule has 0 aliphatic carbocycles. The predicted octanol–water partition coefficient (Wildman–Crippen LogP) is 4.46. The van der Waals surface area contributed by atoms with Gasteiger partial charge >= 0.3 is 0 Å². The molecule has 1 atom stereocenters. The maximum absolute atomic E-state index is 12.2. The molecule has 1 aromatic heterocycles. The Kier molecular flexibility index (Phi) is 6.00. The minimum absolute atomic E-state index is 0.0174. The van der Waals surface area contributed by atoms with E-state index in [1.165, 1.54) is 6.08 Å². The quantitative estimate of drug-likeness (QED) is 0.603. The van der Waals surface area contributed by atoms with Gasteiger partial charge in [0.15, 0.2) is 0 Å². The summed E-state index contributed by atoms with van der Waals surface area (Å²) >= 11 is 11.9. The third-order valence-corrected chi connectivity index (χ3v) is 4.74. The lowest BCUT2D eigenvalue weighted by atomic mass is 10.2. The fourth-order valence-corrected chi connectivity index (χ4v) is 2.93. The lowest BCUT2D eigenvalue weighted by Gasteiger charge is -2.09. The molecular weight excluding hydrogens is 375 g/mol. The Morgan fingerprint density at radius 3 is 2.85 bits per heavy atom. The Morgan fingerprint density at radius 1 is 1.31 bits per heavy atom. The molecule has 2 aromatic rings. The highest BCUT2D eigenvalue weighted by Crippen LogP contribution is 2.30. The number of hydrogen-bond acceptors (Lipinski definition) is 4. The number of nitriles is 1. The van der Waals surface area contributed by atoms with Gasteiger partial charge in [0.05, 0.1) is 16.1 Å². The number of rotatable bonds is 5. The van der Waals surface area contributed by atoms with E-state index in [-0.39, 0.29) is 11.7 Å². The molecule has 26 heavy (non-hydrogen) atoms. The Bertz CT molecular complexity index is 877. The van der Waals surface area contributed by atoms with Crippen molar-refractivity contribution < 1.29 is 13.9 Å². The molecule has 0 radical (unpaired) electrons. The molecule has 1 fully saturated rings. The average Bonchev–Trinajstić information content (AvgIpc) is 3.31. The van der Waals surface area contributed by atoms with Crippen molar-refractivity contribution in [3.8, 4) is 17.4 Å². The SMILES string of the molecule is N#C/C(=C/c1ccc(-c2ccc(Cl)c(Cl)c2)o1)C(=O)NC[C@H]1CCCO1. The summed E-state index contributed by atoms with van der Waals surface area (Å²) in [7, 11) is 0. The lowest BCUT2D eigenvalue weighted by molar-refractivity contribution is -0.117. The van der Waals surface area contributed by atoms with E-state index < -0.39 is 5.91 Å². The third-order valence-electron chi connectivity index (χ3n) is 4.00. The number of amides is 1. The largest absolute Gasteiger partial charge is 0.457 e. The number of halogens is 2. The Morgan fingerprint density at radius 2 is 2.15 bits per heavy atom. The number of furan rings is 1. The average molecular weight is 391 g/mol. The molecule has 1 aliphatic rings. The van der Waals surface area contributed by atoms with E-state index in [1.54, 1.807) is 30.3 Å². The number of benzene rings is 1. The van der Waals surface area contributed by atoms with E-state index in [0.29, 0.717) is 34.7 Å². The molecule has 0 bridgehead atoms. The molecule has 1 N–H and O–H groups in total. The number of carbonyl (C=O) groups is 1. The zero-order valence-corrected chi connectivity index (χ0v) is 15.3. The van der Waals surface area contributed by atoms with Gasteiger partial charge < -0.3 is 14.5 Å². The Balaban J connectivity index is 1.71. The highest BCUT2D eigenvalue weighted by molar-refractivity contribution is 6.42. The van der Waals surface area contributed by atoms with E-state index in [4.69, 9.17) is 32.4 Å². The summed E-state index contributed by atoms with van der Waals surface area (Å²) in [5.74, 6) is 0.511. The van der Waals surface area contributed by atoms with Crippen molar-refractivity contribution in [3.63, 3.8) is 0 Å². The molecule has 0 spiro atoms. The second kappa shape index (κ2) is 8.41. The summed E-state index contributed by atoms with van der Waals surface area (Å²) in [5, 5.41) is 12.9. The van der Waals surface area contributed by atoms with Crippen LogP contribution in [0.2, 0.25) is 10.0 Å².